The van der Waals surface area contributed by atoms with Crippen LogP contribution in [0.5, 0.6) is 5.75 Å². The van der Waals surface area contributed by atoms with Crippen molar-refractivity contribution in [3.63, 3.8) is 0 Å². The zero-order valence-corrected chi connectivity index (χ0v) is 20.3. The number of rotatable bonds is 7. The summed E-state index contributed by atoms with van der Waals surface area (Å²) in [4.78, 5) is 12.1. The second-order valence-corrected chi connectivity index (χ2v) is 11.9. The molecule has 1 aromatic heterocycles. The number of methoxy groups -OCH3 is 2. The lowest BCUT2D eigenvalue weighted by atomic mass is 10.1. The molecule has 170 valence electrons. The summed E-state index contributed by atoms with van der Waals surface area (Å²) in [5, 5.41) is 0. The summed E-state index contributed by atoms with van der Waals surface area (Å²) in [5.41, 5.74) is 0.460. The summed E-state index contributed by atoms with van der Waals surface area (Å²) in [7, 11) is -5.47. The molecule has 1 heterocycles. The minimum absolute atomic E-state index is 0.00354. The van der Waals surface area contributed by atoms with Gasteiger partial charge in [-0.2, -0.15) is 0 Å². The molecule has 3 rings (SSSR count). The summed E-state index contributed by atoms with van der Waals surface area (Å²) < 4.78 is 63.4. The van der Waals surface area contributed by atoms with Crippen molar-refractivity contribution in [3.05, 3.63) is 58.4 Å². The molecule has 0 saturated heterocycles. The van der Waals surface area contributed by atoms with Crippen molar-refractivity contribution >= 4 is 54.5 Å². The van der Waals surface area contributed by atoms with Gasteiger partial charge in [-0.3, -0.25) is 4.72 Å². The lowest BCUT2D eigenvalue weighted by molar-refractivity contribution is 0.0600. The zero-order chi connectivity index (χ0) is 23.7. The Morgan fingerprint density at radius 2 is 1.72 bits per heavy atom. The van der Waals surface area contributed by atoms with E-state index in [9.17, 15) is 21.6 Å². The third-order valence-electron chi connectivity index (χ3n) is 4.38. The van der Waals surface area contributed by atoms with Crippen LogP contribution in [0.15, 0.2) is 58.3 Å². The summed E-state index contributed by atoms with van der Waals surface area (Å²) in [6.45, 7) is 0. The first-order chi connectivity index (χ1) is 15.0. The van der Waals surface area contributed by atoms with Gasteiger partial charge < -0.3 is 9.47 Å². The van der Waals surface area contributed by atoms with Gasteiger partial charge >= 0.3 is 5.97 Å². The topological polar surface area (TPSA) is 116 Å². The lowest BCUT2D eigenvalue weighted by Crippen LogP contribution is -2.16. The highest BCUT2D eigenvalue weighted by Crippen LogP contribution is 2.38. The Balaban J connectivity index is 2.17. The summed E-state index contributed by atoms with van der Waals surface area (Å²) in [5.74, 6) is -0.734. The molecule has 0 fully saturated rings. The fourth-order valence-corrected chi connectivity index (χ4v) is 5.84. The van der Waals surface area contributed by atoms with Gasteiger partial charge in [-0.25, -0.2) is 21.6 Å². The molecular formula is C20H18ClNO7S3. The number of hydrogen-bond donors (Lipinski definition) is 1. The highest BCUT2D eigenvalue weighted by Gasteiger charge is 2.24. The second-order valence-electron chi connectivity index (χ2n) is 6.55. The van der Waals surface area contributed by atoms with Crippen LogP contribution in [0.25, 0.3) is 10.4 Å². The van der Waals surface area contributed by atoms with Crippen molar-refractivity contribution in [1.82, 2.24) is 0 Å². The van der Waals surface area contributed by atoms with Gasteiger partial charge in [0.1, 0.15) is 10.6 Å². The van der Waals surface area contributed by atoms with E-state index in [2.05, 4.69) is 9.46 Å². The molecule has 0 aliphatic rings. The number of nitrogens with one attached hydrogen (secondary N) is 1. The Morgan fingerprint density at radius 3 is 2.28 bits per heavy atom. The number of thiophene rings is 1. The second kappa shape index (κ2) is 9.10. The van der Waals surface area contributed by atoms with Crippen molar-refractivity contribution in [2.24, 2.45) is 0 Å². The van der Waals surface area contributed by atoms with Crippen molar-refractivity contribution < 1.29 is 31.1 Å². The Morgan fingerprint density at radius 1 is 1.00 bits per heavy atom. The van der Waals surface area contributed by atoms with Gasteiger partial charge in [0.25, 0.3) is 10.0 Å². The predicted molar refractivity (Wildman–Crippen MR) is 123 cm³/mol. The number of sulfone groups is 1. The van der Waals surface area contributed by atoms with E-state index in [-0.39, 0.29) is 26.8 Å². The number of ether oxygens (including phenoxy) is 2. The van der Waals surface area contributed by atoms with Gasteiger partial charge in [0.05, 0.1) is 34.7 Å². The maximum Gasteiger partial charge on any atom is 0.337 e. The van der Waals surface area contributed by atoms with Crippen LogP contribution in [0, 0.1) is 0 Å². The molecule has 0 saturated carbocycles. The predicted octanol–water partition coefficient (Wildman–Crippen LogP) is 4.07. The first kappa shape index (κ1) is 24.1. The number of benzene rings is 2. The van der Waals surface area contributed by atoms with Crippen LogP contribution < -0.4 is 9.46 Å². The normalized spacial score (nSPS) is 11.8. The molecule has 0 atom stereocenters. The van der Waals surface area contributed by atoms with Gasteiger partial charge in [0.2, 0.25) is 0 Å². The van der Waals surface area contributed by atoms with Crippen LogP contribution in [0.3, 0.4) is 0 Å². The fraction of sp³-hybridized carbons (Fsp3) is 0.150. The largest absolute Gasteiger partial charge is 0.495 e. The summed E-state index contributed by atoms with van der Waals surface area (Å²) in [6.07, 6.45) is 1.02. The molecule has 12 heteroatoms. The molecule has 0 aliphatic carbocycles. The summed E-state index contributed by atoms with van der Waals surface area (Å²) >= 11 is 7.22. The van der Waals surface area contributed by atoms with Gasteiger partial charge in [-0.15, -0.1) is 11.3 Å². The van der Waals surface area contributed by atoms with E-state index < -0.39 is 25.8 Å². The molecule has 0 spiro atoms. The van der Waals surface area contributed by atoms with Crippen LogP contribution in [-0.2, 0) is 24.6 Å². The molecule has 0 radical (unpaired) electrons. The summed E-state index contributed by atoms with van der Waals surface area (Å²) in [6, 6.07) is 11.3. The number of anilines is 1. The molecule has 2 aromatic carbocycles. The van der Waals surface area contributed by atoms with E-state index in [4.69, 9.17) is 16.3 Å². The molecule has 3 aromatic rings. The quantitative estimate of drug-likeness (QED) is 0.471. The van der Waals surface area contributed by atoms with E-state index in [1.54, 1.807) is 12.1 Å². The molecule has 0 aliphatic heterocycles. The maximum absolute atomic E-state index is 13.3. The molecule has 0 unspecified atom stereocenters. The Kier molecular flexibility index (Phi) is 6.84. The van der Waals surface area contributed by atoms with E-state index in [1.807, 2.05) is 0 Å². The third-order valence-corrected chi connectivity index (χ3v) is 8.14. The Bertz CT molecular complexity index is 1400. The molecular weight excluding hydrogens is 498 g/mol. The van der Waals surface area contributed by atoms with Crippen LogP contribution >= 0.6 is 22.9 Å². The minimum Gasteiger partial charge on any atom is -0.495 e. The number of hydrogen-bond acceptors (Lipinski definition) is 8. The molecule has 1 N–H and O–H groups in total. The standard InChI is InChI=1S/C20H18ClNO7S3/c1-28-16-7-4-12(20(23)29-2)10-18(16)32(26,27)22-15-11-13(31(3,24)25)5-6-14(15)17-8-9-19(21)30-17/h4-11,22H,1-3H3. The van der Waals surface area contributed by atoms with E-state index in [0.29, 0.717) is 14.8 Å². The lowest BCUT2D eigenvalue weighted by Gasteiger charge is -2.15. The van der Waals surface area contributed by atoms with Crippen molar-refractivity contribution in [2.45, 2.75) is 9.79 Å². The highest BCUT2D eigenvalue weighted by molar-refractivity contribution is 7.93. The number of carbonyl (C=O) groups is 1. The molecule has 8 nitrogen and oxygen atoms in total. The minimum atomic E-state index is -4.31. The van der Waals surface area contributed by atoms with Gasteiger partial charge in [0.15, 0.2) is 9.84 Å². The third kappa shape index (κ3) is 5.07. The van der Waals surface area contributed by atoms with Crippen LogP contribution in [0.2, 0.25) is 4.34 Å². The Hall–Kier alpha value is -2.60. The maximum atomic E-state index is 13.3. The first-order valence-electron chi connectivity index (χ1n) is 8.85. The number of sulfonamides is 1. The van der Waals surface area contributed by atoms with E-state index in [1.165, 1.54) is 55.9 Å². The molecule has 0 amide bonds. The van der Waals surface area contributed by atoms with Crippen LogP contribution in [0.4, 0.5) is 5.69 Å². The van der Waals surface area contributed by atoms with E-state index >= 15 is 0 Å². The fourth-order valence-electron chi connectivity index (χ4n) is 2.84. The van der Waals surface area contributed by atoms with Gasteiger partial charge in [0, 0.05) is 16.7 Å². The average molecular weight is 516 g/mol. The van der Waals surface area contributed by atoms with Crippen molar-refractivity contribution in [3.8, 4) is 16.2 Å². The number of carbonyl (C=O) groups excluding carboxylic acids is 1. The molecule has 32 heavy (non-hydrogen) atoms. The SMILES string of the molecule is COC(=O)c1ccc(OC)c(S(=O)(=O)Nc2cc(S(C)(=O)=O)ccc2-c2ccc(Cl)s2)c1. The average Bonchev–Trinajstić information content (AvgIpc) is 3.17. The van der Waals surface area contributed by atoms with Gasteiger partial charge in [-0.05, 0) is 42.5 Å². The van der Waals surface area contributed by atoms with Crippen LogP contribution in [0.1, 0.15) is 10.4 Å². The van der Waals surface area contributed by atoms with Crippen molar-refractivity contribution in [2.75, 3.05) is 25.2 Å². The first-order valence-corrected chi connectivity index (χ1v) is 13.4. The highest BCUT2D eigenvalue weighted by atomic mass is 35.5. The monoisotopic (exact) mass is 515 g/mol. The number of esters is 1. The van der Waals surface area contributed by atoms with Gasteiger partial charge in [-0.1, -0.05) is 17.7 Å². The molecule has 0 bridgehead atoms. The zero-order valence-electron chi connectivity index (χ0n) is 17.1. The van der Waals surface area contributed by atoms with Crippen LogP contribution in [-0.4, -0.2) is 43.3 Å². The van der Waals surface area contributed by atoms with E-state index in [0.717, 1.165) is 12.3 Å². The Labute approximate surface area is 194 Å². The van der Waals surface area contributed by atoms with Crippen molar-refractivity contribution in [1.29, 1.82) is 0 Å². The number of halogens is 1. The smallest absolute Gasteiger partial charge is 0.337 e.